The summed E-state index contributed by atoms with van der Waals surface area (Å²) in [6.07, 6.45) is 0. The molecule has 0 fully saturated rings. The Labute approximate surface area is 371 Å². The number of anilines is 3. The van der Waals surface area contributed by atoms with E-state index in [1.807, 2.05) is 0 Å². The van der Waals surface area contributed by atoms with Crippen LogP contribution in [-0.2, 0) is 0 Å². The van der Waals surface area contributed by atoms with Crippen LogP contribution in [0.3, 0.4) is 0 Å². The largest absolute Gasteiger partial charge is 0.310 e. The van der Waals surface area contributed by atoms with Crippen molar-refractivity contribution in [2.45, 2.75) is 0 Å². The lowest BCUT2D eigenvalue weighted by atomic mass is 9.96. The van der Waals surface area contributed by atoms with Gasteiger partial charge in [0.15, 0.2) is 0 Å². The Kier molecular flexibility index (Phi) is 8.26. The molecule has 3 nitrogen and oxygen atoms in total. The summed E-state index contributed by atoms with van der Waals surface area (Å²) in [6, 6.07) is 77.1. The van der Waals surface area contributed by atoms with Crippen LogP contribution in [-0.4, -0.2) is 9.97 Å². The highest BCUT2D eigenvalue weighted by molar-refractivity contribution is 7.22. The van der Waals surface area contributed by atoms with Crippen molar-refractivity contribution in [1.29, 1.82) is 0 Å². The zero-order chi connectivity index (χ0) is 41.4. The fourth-order valence-corrected chi connectivity index (χ4v) is 11.4. The quantitative estimate of drug-likeness (QED) is 0.156. The minimum Gasteiger partial charge on any atom is -0.310 e. The highest BCUT2D eigenvalue weighted by Crippen LogP contribution is 2.44. The topological polar surface area (TPSA) is 29.0 Å². The first kappa shape index (κ1) is 36.0. The number of benzene rings is 11. The average Bonchev–Trinajstić information content (AvgIpc) is 3.97. The molecule has 294 valence electrons. The second-order valence-corrected chi connectivity index (χ2v) is 18.3. The molecule has 5 heteroatoms. The minimum atomic E-state index is 0.998. The first-order valence-electron chi connectivity index (χ1n) is 21.2. The molecular weight excluding hydrogens is 803 g/mol. The molecule has 2 heterocycles. The molecule has 0 atom stereocenters. The van der Waals surface area contributed by atoms with Gasteiger partial charge in [0.25, 0.3) is 0 Å². The van der Waals surface area contributed by atoms with Crippen LogP contribution in [0, 0.1) is 0 Å². The Morgan fingerprint density at radius 2 is 0.746 bits per heavy atom. The van der Waals surface area contributed by atoms with Gasteiger partial charge in [-0.1, -0.05) is 152 Å². The van der Waals surface area contributed by atoms with Gasteiger partial charge in [0, 0.05) is 28.2 Å². The summed E-state index contributed by atoms with van der Waals surface area (Å²) < 4.78 is 2.29. The number of hydrogen-bond donors (Lipinski definition) is 0. The van der Waals surface area contributed by atoms with E-state index < -0.39 is 0 Å². The second-order valence-electron chi connectivity index (χ2n) is 16.2. The third-order valence-corrected chi connectivity index (χ3v) is 14.6. The molecule has 63 heavy (non-hydrogen) atoms. The summed E-state index contributed by atoms with van der Waals surface area (Å²) in [5, 5.41) is 14.3. The third-order valence-electron chi connectivity index (χ3n) is 12.5. The van der Waals surface area contributed by atoms with Gasteiger partial charge in [-0.2, -0.15) is 0 Å². The summed E-state index contributed by atoms with van der Waals surface area (Å²) in [4.78, 5) is 12.7. The lowest BCUT2D eigenvalue weighted by molar-refractivity contribution is 1.30. The molecule has 0 spiro atoms. The Morgan fingerprint density at radius 1 is 0.302 bits per heavy atom. The Balaban J connectivity index is 0.939. The predicted molar refractivity (Wildman–Crippen MR) is 271 cm³/mol. The van der Waals surface area contributed by atoms with Crippen molar-refractivity contribution in [3.05, 3.63) is 212 Å². The monoisotopic (exact) mass is 837 g/mol. The number of nitrogens with zero attached hydrogens (tertiary/aromatic N) is 3. The van der Waals surface area contributed by atoms with E-state index in [0.29, 0.717) is 0 Å². The van der Waals surface area contributed by atoms with Gasteiger partial charge >= 0.3 is 0 Å². The zero-order valence-electron chi connectivity index (χ0n) is 33.9. The van der Waals surface area contributed by atoms with Crippen molar-refractivity contribution < 1.29 is 0 Å². The fourth-order valence-electron chi connectivity index (χ4n) is 9.35. The third kappa shape index (κ3) is 6.16. The van der Waals surface area contributed by atoms with E-state index in [0.717, 1.165) is 58.6 Å². The molecule has 0 N–H and O–H groups in total. The molecule has 0 radical (unpaired) electrons. The lowest BCUT2D eigenvalue weighted by Crippen LogP contribution is -2.09. The Hall–Kier alpha value is -7.70. The van der Waals surface area contributed by atoms with Crippen molar-refractivity contribution in [2.24, 2.45) is 0 Å². The van der Waals surface area contributed by atoms with E-state index in [2.05, 4.69) is 217 Å². The molecule has 11 aromatic carbocycles. The van der Waals surface area contributed by atoms with Gasteiger partial charge in [-0.15, -0.1) is 22.7 Å². The van der Waals surface area contributed by atoms with E-state index in [1.165, 1.54) is 65.0 Å². The Morgan fingerprint density at radius 3 is 1.37 bits per heavy atom. The molecule has 0 aliphatic rings. The second kappa shape index (κ2) is 14.5. The number of fused-ring (bicyclic) bond motifs is 8. The van der Waals surface area contributed by atoms with Gasteiger partial charge in [-0.05, 0) is 126 Å². The maximum Gasteiger partial charge on any atom is 0.125 e. The van der Waals surface area contributed by atoms with Gasteiger partial charge in [-0.25, -0.2) is 9.97 Å². The molecule has 0 bridgehead atoms. The van der Waals surface area contributed by atoms with Crippen molar-refractivity contribution >= 4 is 114 Å². The van der Waals surface area contributed by atoms with Gasteiger partial charge < -0.3 is 4.90 Å². The smallest absolute Gasteiger partial charge is 0.125 e. The molecule has 13 aromatic rings. The minimum absolute atomic E-state index is 0.998. The van der Waals surface area contributed by atoms with Crippen LogP contribution in [0.4, 0.5) is 17.1 Å². The molecule has 0 aliphatic carbocycles. The molecule has 0 aliphatic heterocycles. The van der Waals surface area contributed by atoms with E-state index >= 15 is 0 Å². The van der Waals surface area contributed by atoms with Crippen LogP contribution >= 0.6 is 22.7 Å². The average molecular weight is 838 g/mol. The standard InChI is InChI=1S/C58H35N3S2/c1-2-12-39-31-40(20-19-36(39)9-1)41-23-27-49-42(32-41)21-22-43-33-44(24-28-50(43)49)61(45-25-29-53-55(34-45)62-57(59-53)51-17-7-13-37-10-3-5-15-47(37)51)46-26-30-54-56(35-46)63-58(60-54)52-18-8-14-38-11-4-6-16-48(38)52/h1-35H. The van der Waals surface area contributed by atoms with Crippen LogP contribution in [0.1, 0.15) is 0 Å². The summed E-state index contributed by atoms with van der Waals surface area (Å²) in [7, 11) is 0. The maximum atomic E-state index is 5.18. The van der Waals surface area contributed by atoms with Crippen molar-refractivity contribution in [1.82, 2.24) is 9.97 Å². The molecule has 2 aromatic heterocycles. The molecule has 0 saturated carbocycles. The fraction of sp³-hybridized carbons (Fsp3) is 0. The van der Waals surface area contributed by atoms with Crippen LogP contribution < -0.4 is 4.90 Å². The lowest BCUT2D eigenvalue weighted by Gasteiger charge is -2.26. The molecular formula is C58H35N3S2. The maximum absolute atomic E-state index is 5.18. The van der Waals surface area contributed by atoms with Gasteiger partial charge in [0.05, 0.1) is 20.4 Å². The van der Waals surface area contributed by atoms with E-state index in [-0.39, 0.29) is 0 Å². The van der Waals surface area contributed by atoms with Gasteiger partial charge in [0.2, 0.25) is 0 Å². The van der Waals surface area contributed by atoms with E-state index in [4.69, 9.17) is 9.97 Å². The van der Waals surface area contributed by atoms with Crippen molar-refractivity contribution in [2.75, 3.05) is 4.90 Å². The zero-order valence-corrected chi connectivity index (χ0v) is 35.5. The summed E-state index contributed by atoms with van der Waals surface area (Å²) in [6.45, 7) is 0. The summed E-state index contributed by atoms with van der Waals surface area (Å²) in [5.41, 5.74) is 10.0. The molecule has 0 unspecified atom stereocenters. The van der Waals surface area contributed by atoms with E-state index in [9.17, 15) is 0 Å². The molecule has 0 saturated heterocycles. The first-order chi connectivity index (χ1) is 31.2. The first-order valence-corrected chi connectivity index (χ1v) is 22.8. The predicted octanol–water partition coefficient (Wildman–Crippen LogP) is 17.1. The van der Waals surface area contributed by atoms with Gasteiger partial charge in [-0.3, -0.25) is 0 Å². The molecule has 0 amide bonds. The number of rotatable bonds is 6. The highest BCUT2D eigenvalue weighted by atomic mass is 32.1. The van der Waals surface area contributed by atoms with Crippen LogP contribution in [0.25, 0.3) is 107 Å². The highest BCUT2D eigenvalue weighted by Gasteiger charge is 2.19. The Bertz CT molecular complexity index is 3790. The molecule has 13 rings (SSSR count). The van der Waals surface area contributed by atoms with Crippen molar-refractivity contribution in [3.63, 3.8) is 0 Å². The number of thiazole rings is 2. The summed E-state index contributed by atoms with van der Waals surface area (Å²) >= 11 is 3.50. The summed E-state index contributed by atoms with van der Waals surface area (Å²) in [5.74, 6) is 0. The van der Waals surface area contributed by atoms with E-state index in [1.54, 1.807) is 22.7 Å². The van der Waals surface area contributed by atoms with Crippen LogP contribution in [0.2, 0.25) is 0 Å². The normalized spacial score (nSPS) is 11.8. The number of hydrogen-bond acceptors (Lipinski definition) is 5. The van der Waals surface area contributed by atoms with Crippen LogP contribution in [0.5, 0.6) is 0 Å². The van der Waals surface area contributed by atoms with Crippen LogP contribution in [0.15, 0.2) is 212 Å². The van der Waals surface area contributed by atoms with Gasteiger partial charge in [0.1, 0.15) is 10.0 Å². The van der Waals surface area contributed by atoms with Crippen molar-refractivity contribution in [3.8, 4) is 32.3 Å². The SMILES string of the molecule is c1ccc2cc(-c3ccc4c(ccc5cc(N(c6ccc7nc(-c8cccc9ccccc89)sc7c6)c6ccc7nc(-c8cccc9ccccc89)sc7c6)ccc54)c3)ccc2c1. The number of aromatic nitrogens is 2.